The number of carbonyl (C=O) groups excluding carboxylic acids is 2. The van der Waals surface area contributed by atoms with Gasteiger partial charge in [0.1, 0.15) is 0 Å². The SMILES string of the molecule is C[C@H](OC(=O)c1ccccc1)C(=O)Nc1ccc(Br)cc1. The fourth-order valence-corrected chi connectivity index (χ4v) is 1.90. The number of benzene rings is 2. The van der Waals surface area contributed by atoms with Gasteiger partial charge in [-0.25, -0.2) is 4.79 Å². The second-order valence-electron chi connectivity index (χ2n) is 4.41. The molecule has 4 nitrogen and oxygen atoms in total. The number of halogens is 1. The molecule has 0 bridgehead atoms. The van der Waals surface area contributed by atoms with Crippen LogP contribution in [0.25, 0.3) is 0 Å². The Morgan fingerprint density at radius 2 is 1.67 bits per heavy atom. The Balaban J connectivity index is 1.93. The summed E-state index contributed by atoms with van der Waals surface area (Å²) in [6.45, 7) is 1.54. The van der Waals surface area contributed by atoms with Gasteiger partial charge < -0.3 is 10.1 Å². The molecule has 5 heteroatoms. The molecule has 0 aliphatic heterocycles. The molecule has 21 heavy (non-hydrogen) atoms. The van der Waals surface area contributed by atoms with E-state index in [1.165, 1.54) is 6.92 Å². The molecular formula is C16H14BrNO3. The normalized spacial score (nSPS) is 11.5. The van der Waals surface area contributed by atoms with Crippen LogP contribution in [0, 0.1) is 0 Å². The maximum atomic E-state index is 12.0. The zero-order chi connectivity index (χ0) is 15.2. The monoisotopic (exact) mass is 347 g/mol. The first-order valence-corrected chi connectivity index (χ1v) is 7.18. The average Bonchev–Trinajstić information content (AvgIpc) is 2.50. The van der Waals surface area contributed by atoms with Gasteiger partial charge in [-0.15, -0.1) is 0 Å². The number of ether oxygens (including phenoxy) is 1. The summed E-state index contributed by atoms with van der Waals surface area (Å²) in [5, 5.41) is 2.69. The van der Waals surface area contributed by atoms with Crippen molar-refractivity contribution >= 4 is 33.5 Å². The van der Waals surface area contributed by atoms with Gasteiger partial charge in [0.2, 0.25) is 0 Å². The van der Waals surface area contributed by atoms with Crippen molar-refractivity contribution in [2.45, 2.75) is 13.0 Å². The van der Waals surface area contributed by atoms with E-state index in [-0.39, 0.29) is 5.91 Å². The molecule has 1 amide bonds. The van der Waals surface area contributed by atoms with E-state index in [0.717, 1.165) is 4.47 Å². The van der Waals surface area contributed by atoms with Crippen LogP contribution in [0.3, 0.4) is 0 Å². The Labute approximate surface area is 131 Å². The summed E-state index contributed by atoms with van der Waals surface area (Å²) in [6.07, 6.45) is -0.874. The van der Waals surface area contributed by atoms with E-state index in [9.17, 15) is 9.59 Å². The van der Waals surface area contributed by atoms with Crippen molar-refractivity contribution in [3.05, 3.63) is 64.6 Å². The van der Waals surface area contributed by atoms with Crippen molar-refractivity contribution < 1.29 is 14.3 Å². The van der Waals surface area contributed by atoms with Gasteiger partial charge in [0, 0.05) is 10.2 Å². The maximum Gasteiger partial charge on any atom is 0.338 e. The molecule has 0 fully saturated rings. The fraction of sp³-hybridized carbons (Fsp3) is 0.125. The molecule has 0 heterocycles. The van der Waals surface area contributed by atoms with Gasteiger partial charge in [-0.05, 0) is 43.3 Å². The number of anilines is 1. The van der Waals surface area contributed by atoms with E-state index in [1.54, 1.807) is 42.5 Å². The highest BCUT2D eigenvalue weighted by Gasteiger charge is 2.18. The minimum absolute atomic E-state index is 0.374. The van der Waals surface area contributed by atoms with Gasteiger partial charge in [0.05, 0.1) is 5.56 Å². The van der Waals surface area contributed by atoms with Crippen LogP contribution >= 0.6 is 15.9 Å². The first-order chi connectivity index (χ1) is 10.1. The second-order valence-corrected chi connectivity index (χ2v) is 5.33. The van der Waals surface area contributed by atoms with Crippen molar-refractivity contribution in [2.75, 3.05) is 5.32 Å². The summed E-state index contributed by atoms with van der Waals surface area (Å²) in [4.78, 5) is 23.8. The lowest BCUT2D eigenvalue weighted by molar-refractivity contribution is -0.123. The van der Waals surface area contributed by atoms with Crippen LogP contribution in [-0.2, 0) is 9.53 Å². The third kappa shape index (κ3) is 4.43. The summed E-state index contributed by atoms with van der Waals surface area (Å²) in [5.41, 5.74) is 1.06. The number of carbonyl (C=O) groups is 2. The second kappa shape index (κ2) is 7.04. The van der Waals surface area contributed by atoms with Gasteiger partial charge in [-0.1, -0.05) is 34.1 Å². The standard InChI is InChI=1S/C16H14BrNO3/c1-11(21-16(20)12-5-3-2-4-6-12)15(19)18-14-9-7-13(17)8-10-14/h2-11H,1H3,(H,18,19)/t11-/m0/s1. The molecule has 2 aromatic carbocycles. The van der Waals surface area contributed by atoms with Gasteiger partial charge in [-0.2, -0.15) is 0 Å². The minimum Gasteiger partial charge on any atom is -0.449 e. The number of hydrogen-bond donors (Lipinski definition) is 1. The molecule has 0 saturated carbocycles. The zero-order valence-corrected chi connectivity index (χ0v) is 13.0. The lowest BCUT2D eigenvalue weighted by Gasteiger charge is -2.13. The third-order valence-corrected chi connectivity index (χ3v) is 3.30. The van der Waals surface area contributed by atoms with Gasteiger partial charge in [-0.3, -0.25) is 4.79 Å². The summed E-state index contributed by atoms with van der Waals surface area (Å²) in [5.74, 6) is -0.893. The van der Waals surface area contributed by atoms with E-state index < -0.39 is 12.1 Å². The Morgan fingerprint density at radius 3 is 2.29 bits per heavy atom. The Kier molecular flexibility index (Phi) is 5.11. The van der Waals surface area contributed by atoms with Gasteiger partial charge in [0.15, 0.2) is 6.10 Å². The van der Waals surface area contributed by atoms with Crippen molar-refractivity contribution in [3.63, 3.8) is 0 Å². The number of esters is 1. The van der Waals surface area contributed by atoms with E-state index in [2.05, 4.69) is 21.2 Å². The van der Waals surface area contributed by atoms with Crippen LogP contribution in [-0.4, -0.2) is 18.0 Å². The Hall–Kier alpha value is -2.14. The van der Waals surface area contributed by atoms with Crippen LogP contribution in [0.15, 0.2) is 59.1 Å². The largest absolute Gasteiger partial charge is 0.449 e. The minimum atomic E-state index is -0.874. The molecule has 1 N–H and O–H groups in total. The van der Waals surface area contributed by atoms with Crippen LogP contribution < -0.4 is 5.32 Å². The van der Waals surface area contributed by atoms with Crippen LogP contribution in [0.4, 0.5) is 5.69 Å². The molecule has 0 unspecified atom stereocenters. The average molecular weight is 348 g/mol. The fourth-order valence-electron chi connectivity index (χ4n) is 1.63. The Morgan fingerprint density at radius 1 is 1.05 bits per heavy atom. The molecule has 2 aromatic rings. The zero-order valence-electron chi connectivity index (χ0n) is 11.4. The molecule has 0 aliphatic carbocycles. The number of nitrogens with one attached hydrogen (secondary N) is 1. The smallest absolute Gasteiger partial charge is 0.338 e. The first kappa shape index (κ1) is 15.3. The highest BCUT2D eigenvalue weighted by atomic mass is 79.9. The molecular weight excluding hydrogens is 334 g/mol. The lowest BCUT2D eigenvalue weighted by atomic mass is 10.2. The molecule has 2 rings (SSSR count). The van der Waals surface area contributed by atoms with Gasteiger partial charge >= 0.3 is 5.97 Å². The molecule has 0 aliphatic rings. The van der Waals surface area contributed by atoms with Crippen molar-refractivity contribution in [1.82, 2.24) is 0 Å². The molecule has 0 spiro atoms. The predicted molar refractivity (Wildman–Crippen MR) is 84.1 cm³/mol. The van der Waals surface area contributed by atoms with E-state index in [0.29, 0.717) is 11.3 Å². The number of rotatable bonds is 4. The quantitative estimate of drug-likeness (QED) is 0.859. The first-order valence-electron chi connectivity index (χ1n) is 6.39. The van der Waals surface area contributed by atoms with Crippen LogP contribution in [0.1, 0.15) is 17.3 Å². The predicted octanol–water partition coefficient (Wildman–Crippen LogP) is 3.63. The van der Waals surface area contributed by atoms with E-state index in [1.807, 2.05) is 12.1 Å². The summed E-state index contributed by atoms with van der Waals surface area (Å²) < 4.78 is 6.05. The van der Waals surface area contributed by atoms with Crippen LogP contribution in [0.5, 0.6) is 0 Å². The molecule has 1 atom stereocenters. The molecule has 0 aromatic heterocycles. The van der Waals surface area contributed by atoms with Crippen LogP contribution in [0.2, 0.25) is 0 Å². The third-order valence-electron chi connectivity index (χ3n) is 2.77. The van der Waals surface area contributed by atoms with Gasteiger partial charge in [0.25, 0.3) is 5.91 Å². The molecule has 108 valence electrons. The number of hydrogen-bond acceptors (Lipinski definition) is 3. The summed E-state index contributed by atoms with van der Waals surface area (Å²) in [6, 6.07) is 15.7. The summed E-state index contributed by atoms with van der Waals surface area (Å²) in [7, 11) is 0. The van der Waals surface area contributed by atoms with Crippen molar-refractivity contribution in [1.29, 1.82) is 0 Å². The highest BCUT2D eigenvalue weighted by Crippen LogP contribution is 2.14. The highest BCUT2D eigenvalue weighted by molar-refractivity contribution is 9.10. The van der Waals surface area contributed by atoms with Crippen molar-refractivity contribution in [2.24, 2.45) is 0 Å². The van der Waals surface area contributed by atoms with E-state index >= 15 is 0 Å². The maximum absolute atomic E-state index is 12.0. The molecule has 0 radical (unpaired) electrons. The summed E-state index contributed by atoms with van der Waals surface area (Å²) >= 11 is 3.32. The lowest BCUT2D eigenvalue weighted by Crippen LogP contribution is -2.29. The topological polar surface area (TPSA) is 55.4 Å². The van der Waals surface area contributed by atoms with Crippen molar-refractivity contribution in [3.8, 4) is 0 Å². The van der Waals surface area contributed by atoms with E-state index in [4.69, 9.17) is 4.74 Å². The molecule has 0 saturated heterocycles. The Bertz CT molecular complexity index is 626. The number of amides is 1.